The Labute approximate surface area is 98.3 Å². The second kappa shape index (κ2) is 5.00. The van der Waals surface area contributed by atoms with Gasteiger partial charge in [0, 0.05) is 18.9 Å². The zero-order chi connectivity index (χ0) is 11.5. The number of hydrogen-bond acceptors (Lipinski definition) is 2. The fourth-order valence-electron chi connectivity index (χ4n) is 2.55. The first-order valence-electron chi connectivity index (χ1n) is 6.46. The summed E-state index contributed by atoms with van der Waals surface area (Å²) in [6.45, 7) is 5.64. The minimum absolute atomic E-state index is 0.411. The van der Waals surface area contributed by atoms with Gasteiger partial charge in [0.25, 0.3) is 0 Å². The first kappa shape index (κ1) is 11.6. The summed E-state index contributed by atoms with van der Waals surface area (Å²) in [6, 6.07) is 0.411. The standard InChI is InChI=1S/C13H23N3/c1-4-8-16-9-7-15-13(16)12(14-3)10(2)11-5-6-11/h7,9-12,14H,4-6,8H2,1-3H3. The van der Waals surface area contributed by atoms with E-state index in [2.05, 4.69) is 42.0 Å². The molecule has 2 rings (SSSR count). The number of aryl methyl sites for hydroxylation is 1. The summed E-state index contributed by atoms with van der Waals surface area (Å²) >= 11 is 0. The summed E-state index contributed by atoms with van der Waals surface area (Å²) in [5.41, 5.74) is 0. The SMILES string of the molecule is CCCn1ccnc1C(NC)C(C)C1CC1. The van der Waals surface area contributed by atoms with E-state index in [4.69, 9.17) is 0 Å². The number of nitrogens with zero attached hydrogens (tertiary/aromatic N) is 2. The third kappa shape index (κ3) is 2.29. The Hall–Kier alpha value is -0.830. The van der Waals surface area contributed by atoms with Crippen LogP contribution in [0.15, 0.2) is 12.4 Å². The molecule has 1 heterocycles. The molecule has 0 bridgehead atoms. The summed E-state index contributed by atoms with van der Waals surface area (Å²) in [5.74, 6) is 2.82. The number of hydrogen-bond donors (Lipinski definition) is 1. The molecule has 90 valence electrons. The van der Waals surface area contributed by atoms with Gasteiger partial charge in [-0.3, -0.25) is 0 Å². The van der Waals surface area contributed by atoms with E-state index < -0.39 is 0 Å². The molecule has 2 unspecified atom stereocenters. The van der Waals surface area contributed by atoms with Crippen LogP contribution in [0, 0.1) is 11.8 Å². The van der Waals surface area contributed by atoms with Crippen LogP contribution in [0.1, 0.15) is 45.0 Å². The maximum Gasteiger partial charge on any atom is 0.126 e. The van der Waals surface area contributed by atoms with Crippen molar-refractivity contribution in [1.29, 1.82) is 0 Å². The van der Waals surface area contributed by atoms with Crippen LogP contribution in [-0.2, 0) is 6.54 Å². The Morgan fingerprint density at radius 1 is 1.56 bits per heavy atom. The van der Waals surface area contributed by atoms with E-state index in [9.17, 15) is 0 Å². The van der Waals surface area contributed by atoms with Crippen LogP contribution in [0.4, 0.5) is 0 Å². The summed E-state index contributed by atoms with van der Waals surface area (Å²) < 4.78 is 2.29. The van der Waals surface area contributed by atoms with Gasteiger partial charge in [-0.25, -0.2) is 4.98 Å². The molecule has 16 heavy (non-hydrogen) atoms. The van der Waals surface area contributed by atoms with Gasteiger partial charge in [-0.15, -0.1) is 0 Å². The maximum atomic E-state index is 4.54. The zero-order valence-electron chi connectivity index (χ0n) is 10.6. The smallest absolute Gasteiger partial charge is 0.126 e. The minimum Gasteiger partial charge on any atom is -0.334 e. The van der Waals surface area contributed by atoms with Gasteiger partial charge in [-0.05, 0) is 38.1 Å². The molecule has 0 saturated heterocycles. The number of aromatic nitrogens is 2. The molecule has 1 N–H and O–H groups in total. The van der Waals surface area contributed by atoms with E-state index in [0.717, 1.165) is 18.9 Å². The summed E-state index contributed by atoms with van der Waals surface area (Å²) in [4.78, 5) is 4.54. The molecule has 0 aliphatic heterocycles. The first-order chi connectivity index (χ1) is 7.77. The molecule has 0 spiro atoms. The molecule has 2 atom stereocenters. The number of rotatable bonds is 6. The molecule has 3 heteroatoms. The molecular weight excluding hydrogens is 198 g/mol. The van der Waals surface area contributed by atoms with Crippen LogP contribution >= 0.6 is 0 Å². The molecule has 3 nitrogen and oxygen atoms in total. The second-order valence-corrected chi connectivity index (χ2v) is 4.94. The Balaban J connectivity index is 2.14. The fraction of sp³-hybridized carbons (Fsp3) is 0.769. The molecule has 1 aromatic rings. The van der Waals surface area contributed by atoms with Gasteiger partial charge in [0.1, 0.15) is 5.82 Å². The molecule has 0 aromatic carbocycles. The van der Waals surface area contributed by atoms with Gasteiger partial charge >= 0.3 is 0 Å². The second-order valence-electron chi connectivity index (χ2n) is 4.94. The van der Waals surface area contributed by atoms with Gasteiger partial charge in [0.05, 0.1) is 6.04 Å². The lowest BCUT2D eigenvalue weighted by molar-refractivity contribution is 0.344. The summed E-state index contributed by atoms with van der Waals surface area (Å²) in [7, 11) is 2.05. The fourth-order valence-corrected chi connectivity index (χ4v) is 2.55. The molecule has 1 aliphatic carbocycles. The quantitative estimate of drug-likeness (QED) is 0.800. The van der Waals surface area contributed by atoms with Crippen LogP contribution in [-0.4, -0.2) is 16.6 Å². The number of imidazole rings is 1. The minimum atomic E-state index is 0.411. The predicted molar refractivity (Wildman–Crippen MR) is 66.2 cm³/mol. The molecule has 1 aliphatic rings. The van der Waals surface area contributed by atoms with E-state index in [1.165, 1.54) is 18.7 Å². The zero-order valence-corrected chi connectivity index (χ0v) is 10.6. The lowest BCUT2D eigenvalue weighted by Gasteiger charge is -2.23. The maximum absolute atomic E-state index is 4.54. The molecular formula is C13H23N3. The third-order valence-electron chi connectivity index (χ3n) is 3.69. The van der Waals surface area contributed by atoms with E-state index >= 15 is 0 Å². The Morgan fingerprint density at radius 2 is 2.31 bits per heavy atom. The summed E-state index contributed by atoms with van der Waals surface area (Å²) in [5, 5.41) is 3.44. The molecule has 1 saturated carbocycles. The topological polar surface area (TPSA) is 29.9 Å². The van der Waals surface area contributed by atoms with Gasteiger partial charge in [0.15, 0.2) is 0 Å². The van der Waals surface area contributed by atoms with Crippen molar-refractivity contribution in [2.75, 3.05) is 7.05 Å². The average molecular weight is 221 g/mol. The van der Waals surface area contributed by atoms with Crippen molar-refractivity contribution in [1.82, 2.24) is 14.9 Å². The van der Waals surface area contributed by atoms with Crippen LogP contribution in [0.5, 0.6) is 0 Å². The van der Waals surface area contributed by atoms with Crippen molar-refractivity contribution in [3.05, 3.63) is 18.2 Å². The van der Waals surface area contributed by atoms with Gasteiger partial charge in [0.2, 0.25) is 0 Å². The van der Waals surface area contributed by atoms with E-state index in [-0.39, 0.29) is 0 Å². The van der Waals surface area contributed by atoms with Crippen molar-refractivity contribution in [3.8, 4) is 0 Å². The van der Waals surface area contributed by atoms with Crippen molar-refractivity contribution in [2.45, 2.75) is 45.7 Å². The molecule has 0 amide bonds. The molecule has 1 aromatic heterocycles. The van der Waals surface area contributed by atoms with Gasteiger partial charge in [-0.1, -0.05) is 13.8 Å². The van der Waals surface area contributed by atoms with Crippen molar-refractivity contribution < 1.29 is 0 Å². The van der Waals surface area contributed by atoms with E-state index in [1.54, 1.807) is 0 Å². The van der Waals surface area contributed by atoms with Crippen LogP contribution in [0.25, 0.3) is 0 Å². The highest BCUT2D eigenvalue weighted by Crippen LogP contribution is 2.42. The normalized spacial score (nSPS) is 19.7. The van der Waals surface area contributed by atoms with Crippen LogP contribution in [0.2, 0.25) is 0 Å². The third-order valence-corrected chi connectivity index (χ3v) is 3.69. The highest BCUT2D eigenvalue weighted by Gasteiger charge is 2.34. The predicted octanol–water partition coefficient (Wildman–Crippen LogP) is 2.60. The largest absolute Gasteiger partial charge is 0.334 e. The lowest BCUT2D eigenvalue weighted by atomic mass is 9.96. The highest BCUT2D eigenvalue weighted by atomic mass is 15.1. The molecule has 1 fully saturated rings. The van der Waals surface area contributed by atoms with Gasteiger partial charge < -0.3 is 9.88 Å². The first-order valence-corrected chi connectivity index (χ1v) is 6.46. The lowest BCUT2D eigenvalue weighted by Crippen LogP contribution is -2.28. The highest BCUT2D eigenvalue weighted by molar-refractivity contribution is 5.03. The Morgan fingerprint density at radius 3 is 2.88 bits per heavy atom. The van der Waals surface area contributed by atoms with Crippen molar-refractivity contribution in [3.63, 3.8) is 0 Å². The van der Waals surface area contributed by atoms with Crippen molar-refractivity contribution in [2.24, 2.45) is 11.8 Å². The Kier molecular flexibility index (Phi) is 3.64. The van der Waals surface area contributed by atoms with Crippen LogP contribution in [0.3, 0.4) is 0 Å². The van der Waals surface area contributed by atoms with E-state index in [1.807, 2.05) is 6.20 Å². The molecule has 0 radical (unpaired) electrons. The monoisotopic (exact) mass is 221 g/mol. The van der Waals surface area contributed by atoms with E-state index in [0.29, 0.717) is 12.0 Å². The van der Waals surface area contributed by atoms with Crippen LogP contribution < -0.4 is 5.32 Å². The van der Waals surface area contributed by atoms with Gasteiger partial charge in [-0.2, -0.15) is 0 Å². The number of nitrogens with one attached hydrogen (secondary N) is 1. The summed E-state index contributed by atoms with van der Waals surface area (Å²) in [6.07, 6.45) is 7.98. The average Bonchev–Trinajstić information content (AvgIpc) is 3.04. The van der Waals surface area contributed by atoms with Crippen molar-refractivity contribution >= 4 is 0 Å². The Bertz CT molecular complexity index is 328.